The molecule has 22 heavy (non-hydrogen) atoms. The highest BCUT2D eigenvalue weighted by molar-refractivity contribution is 5.79. The molecule has 0 fully saturated rings. The van der Waals surface area contributed by atoms with Crippen LogP contribution in [0.3, 0.4) is 0 Å². The van der Waals surface area contributed by atoms with Gasteiger partial charge in [-0.05, 0) is 23.8 Å². The fourth-order valence-electron chi connectivity index (χ4n) is 2.20. The minimum Gasteiger partial charge on any atom is -0.294 e. The molecular weight excluding hydrogens is 289 g/mol. The summed E-state index contributed by atoms with van der Waals surface area (Å²) in [5, 5.41) is 11.0. The van der Waals surface area contributed by atoms with E-state index in [9.17, 15) is 19.3 Å². The third-order valence-corrected chi connectivity index (χ3v) is 3.26. The Morgan fingerprint density at radius 1 is 1.23 bits per heavy atom. The van der Waals surface area contributed by atoms with Crippen molar-refractivity contribution in [3.8, 4) is 0 Å². The Hall–Kier alpha value is -3.09. The molecule has 3 rings (SSSR count). The van der Waals surface area contributed by atoms with Gasteiger partial charge in [0.15, 0.2) is 0 Å². The molecule has 0 aliphatic rings. The first-order valence-electron chi connectivity index (χ1n) is 6.42. The summed E-state index contributed by atoms with van der Waals surface area (Å²) in [6.45, 7) is 0.177. The predicted octanol–water partition coefficient (Wildman–Crippen LogP) is 2.49. The van der Waals surface area contributed by atoms with Gasteiger partial charge in [0, 0.05) is 12.1 Å². The highest BCUT2D eigenvalue weighted by atomic mass is 19.1. The van der Waals surface area contributed by atoms with Gasteiger partial charge in [-0.25, -0.2) is 9.37 Å². The summed E-state index contributed by atoms with van der Waals surface area (Å²) in [5.41, 5.74) is 0.436. The van der Waals surface area contributed by atoms with Crippen molar-refractivity contribution >= 4 is 16.6 Å². The lowest BCUT2D eigenvalue weighted by molar-refractivity contribution is -0.384. The first kappa shape index (κ1) is 13.9. The van der Waals surface area contributed by atoms with Crippen molar-refractivity contribution in [2.75, 3.05) is 0 Å². The summed E-state index contributed by atoms with van der Waals surface area (Å²) < 4.78 is 14.5. The Bertz CT molecular complexity index is 937. The number of hydrogen-bond donors (Lipinski definition) is 0. The van der Waals surface area contributed by atoms with Crippen LogP contribution >= 0.6 is 0 Å². The van der Waals surface area contributed by atoms with E-state index in [0.717, 1.165) is 0 Å². The van der Waals surface area contributed by atoms with Crippen LogP contribution in [0.1, 0.15) is 5.56 Å². The normalized spacial score (nSPS) is 10.8. The van der Waals surface area contributed by atoms with E-state index in [0.29, 0.717) is 5.56 Å². The fourth-order valence-corrected chi connectivity index (χ4v) is 2.20. The highest BCUT2D eigenvalue weighted by Gasteiger charge is 2.10. The lowest BCUT2D eigenvalue weighted by Crippen LogP contribution is -2.21. The number of nitro groups is 1. The molecule has 7 heteroatoms. The van der Waals surface area contributed by atoms with Gasteiger partial charge in [-0.2, -0.15) is 0 Å². The Morgan fingerprint density at radius 2 is 2.05 bits per heavy atom. The second kappa shape index (κ2) is 5.36. The van der Waals surface area contributed by atoms with E-state index in [4.69, 9.17) is 0 Å². The summed E-state index contributed by atoms with van der Waals surface area (Å²) in [4.78, 5) is 26.6. The van der Waals surface area contributed by atoms with Crippen molar-refractivity contribution in [1.82, 2.24) is 9.55 Å². The fraction of sp³-hybridized carbons (Fsp3) is 0.0667. The molecule has 0 N–H and O–H groups in total. The Labute approximate surface area is 123 Å². The molecule has 1 heterocycles. The average molecular weight is 299 g/mol. The van der Waals surface area contributed by atoms with Gasteiger partial charge in [0.2, 0.25) is 0 Å². The van der Waals surface area contributed by atoms with Gasteiger partial charge in [-0.3, -0.25) is 19.5 Å². The minimum atomic E-state index is -0.542. The first-order chi connectivity index (χ1) is 10.5. The standard InChI is InChI=1S/C15H10FN3O3/c16-11-3-1-2-10(6-11)8-18-9-17-14-7-12(19(21)22)4-5-13(14)15(18)20/h1-7,9H,8H2. The third kappa shape index (κ3) is 2.56. The SMILES string of the molecule is O=c1c2ccc([N+](=O)[O-])cc2ncn1Cc1cccc(F)c1. The quantitative estimate of drug-likeness (QED) is 0.550. The number of halogens is 1. The number of nitro benzene ring substituents is 1. The molecule has 0 radical (unpaired) electrons. The molecule has 110 valence electrons. The van der Waals surface area contributed by atoms with Crippen LogP contribution < -0.4 is 5.56 Å². The maximum absolute atomic E-state index is 13.2. The van der Waals surface area contributed by atoms with E-state index >= 15 is 0 Å². The highest BCUT2D eigenvalue weighted by Crippen LogP contribution is 2.16. The largest absolute Gasteiger partial charge is 0.294 e. The third-order valence-electron chi connectivity index (χ3n) is 3.26. The van der Waals surface area contributed by atoms with Crippen molar-refractivity contribution in [2.45, 2.75) is 6.54 Å². The summed E-state index contributed by atoms with van der Waals surface area (Å²) in [5.74, 6) is -0.380. The van der Waals surface area contributed by atoms with E-state index in [1.54, 1.807) is 12.1 Å². The average Bonchev–Trinajstić information content (AvgIpc) is 2.50. The molecule has 6 nitrogen and oxygen atoms in total. The number of hydrogen-bond acceptors (Lipinski definition) is 4. The molecule has 0 unspecified atom stereocenters. The van der Waals surface area contributed by atoms with E-state index in [2.05, 4.69) is 4.98 Å². The summed E-state index contributed by atoms with van der Waals surface area (Å²) in [6, 6.07) is 9.83. The predicted molar refractivity (Wildman–Crippen MR) is 78.2 cm³/mol. The number of aromatic nitrogens is 2. The van der Waals surface area contributed by atoms with Crippen LogP contribution in [0.15, 0.2) is 53.6 Å². The number of benzene rings is 2. The molecule has 0 saturated carbocycles. The molecule has 1 aromatic heterocycles. The zero-order chi connectivity index (χ0) is 15.7. The molecule has 0 bridgehead atoms. The van der Waals surface area contributed by atoms with E-state index in [1.165, 1.54) is 41.2 Å². The van der Waals surface area contributed by atoms with Crippen LogP contribution in [0, 0.1) is 15.9 Å². The second-order valence-corrected chi connectivity index (χ2v) is 4.77. The zero-order valence-electron chi connectivity index (χ0n) is 11.3. The van der Waals surface area contributed by atoms with Gasteiger partial charge in [-0.15, -0.1) is 0 Å². The number of non-ortho nitro benzene ring substituents is 1. The van der Waals surface area contributed by atoms with Crippen LogP contribution in [-0.2, 0) is 6.54 Å². The lowest BCUT2D eigenvalue weighted by Gasteiger charge is -2.07. The van der Waals surface area contributed by atoms with Crippen LogP contribution in [0.4, 0.5) is 10.1 Å². The maximum atomic E-state index is 13.2. The zero-order valence-corrected chi connectivity index (χ0v) is 11.3. The van der Waals surface area contributed by atoms with Gasteiger partial charge in [-0.1, -0.05) is 12.1 Å². The smallest absolute Gasteiger partial charge is 0.271 e. The number of rotatable bonds is 3. The summed E-state index contributed by atoms with van der Waals surface area (Å²) in [6.07, 6.45) is 1.30. The van der Waals surface area contributed by atoms with E-state index in [1.807, 2.05) is 0 Å². The van der Waals surface area contributed by atoms with Gasteiger partial charge in [0.1, 0.15) is 5.82 Å². The van der Waals surface area contributed by atoms with Gasteiger partial charge >= 0.3 is 0 Å². The number of nitrogens with zero attached hydrogens (tertiary/aromatic N) is 3. The molecule has 0 atom stereocenters. The van der Waals surface area contributed by atoms with E-state index < -0.39 is 4.92 Å². The monoisotopic (exact) mass is 299 g/mol. The first-order valence-corrected chi connectivity index (χ1v) is 6.42. The van der Waals surface area contributed by atoms with Crippen molar-refractivity contribution in [3.63, 3.8) is 0 Å². The van der Waals surface area contributed by atoms with Crippen LogP contribution in [-0.4, -0.2) is 14.5 Å². The van der Waals surface area contributed by atoms with Gasteiger partial charge < -0.3 is 0 Å². The molecular formula is C15H10FN3O3. The van der Waals surface area contributed by atoms with Crippen molar-refractivity contribution < 1.29 is 9.31 Å². The Kier molecular flexibility index (Phi) is 3.38. The Balaban J connectivity index is 2.05. The van der Waals surface area contributed by atoms with Crippen LogP contribution in [0.2, 0.25) is 0 Å². The van der Waals surface area contributed by atoms with Crippen molar-refractivity contribution in [1.29, 1.82) is 0 Å². The molecule has 0 aliphatic carbocycles. The van der Waals surface area contributed by atoms with Gasteiger partial charge in [0.25, 0.3) is 11.2 Å². The van der Waals surface area contributed by atoms with Gasteiger partial charge in [0.05, 0.1) is 28.7 Å². The molecule has 0 spiro atoms. The molecule has 3 aromatic rings. The summed E-state index contributed by atoms with van der Waals surface area (Å²) in [7, 11) is 0. The lowest BCUT2D eigenvalue weighted by atomic mass is 10.2. The second-order valence-electron chi connectivity index (χ2n) is 4.77. The Morgan fingerprint density at radius 3 is 2.77 bits per heavy atom. The van der Waals surface area contributed by atoms with Crippen molar-refractivity contribution in [2.24, 2.45) is 0 Å². The number of fused-ring (bicyclic) bond motifs is 1. The van der Waals surface area contributed by atoms with E-state index in [-0.39, 0.29) is 34.5 Å². The molecule has 0 saturated heterocycles. The summed E-state index contributed by atoms with van der Waals surface area (Å²) >= 11 is 0. The van der Waals surface area contributed by atoms with Crippen LogP contribution in [0.25, 0.3) is 10.9 Å². The molecule has 0 amide bonds. The topological polar surface area (TPSA) is 78.0 Å². The molecule has 2 aromatic carbocycles. The molecule has 0 aliphatic heterocycles. The maximum Gasteiger partial charge on any atom is 0.271 e. The minimum absolute atomic E-state index is 0.123. The van der Waals surface area contributed by atoms with Crippen LogP contribution in [0.5, 0.6) is 0 Å². The van der Waals surface area contributed by atoms with Crippen molar-refractivity contribution in [3.05, 3.63) is 80.6 Å².